The predicted molar refractivity (Wildman–Crippen MR) is 257 cm³/mol. The van der Waals surface area contributed by atoms with Crippen LogP contribution in [0.1, 0.15) is 149 Å². The normalized spacial score (nSPS) is 21.4. The Balaban J connectivity index is 2.40. The molecule has 0 aromatic rings. The summed E-state index contributed by atoms with van der Waals surface area (Å²) in [5.74, 6) is -0.303. The van der Waals surface area contributed by atoms with E-state index in [0.717, 1.165) is 57.8 Å². The van der Waals surface area contributed by atoms with Crippen molar-refractivity contribution in [3.63, 3.8) is 0 Å². The molecule has 0 aromatic carbocycles. The average molecular weight is 864 g/mol. The van der Waals surface area contributed by atoms with Crippen molar-refractivity contribution in [2.75, 3.05) is 13.2 Å². The van der Waals surface area contributed by atoms with Crippen molar-refractivity contribution in [1.82, 2.24) is 5.32 Å². The third kappa shape index (κ3) is 31.4. The summed E-state index contributed by atoms with van der Waals surface area (Å²) in [7, 11) is 0. The van der Waals surface area contributed by atoms with Crippen LogP contribution < -0.4 is 5.32 Å². The first-order chi connectivity index (χ1) is 30.3. The zero-order valence-electron chi connectivity index (χ0n) is 38.3. The van der Waals surface area contributed by atoms with Crippen LogP contribution in [0, 0.1) is 0 Å². The van der Waals surface area contributed by atoms with Gasteiger partial charge in [-0.2, -0.15) is 0 Å². The highest BCUT2D eigenvalue weighted by atomic mass is 16.7. The Kier molecular flexibility index (Phi) is 38.0. The fraction of sp³-hybridized carbons (Fsp3) is 0.604. The van der Waals surface area contributed by atoms with E-state index in [1.165, 1.54) is 57.8 Å². The lowest BCUT2D eigenvalue weighted by molar-refractivity contribution is -0.302. The van der Waals surface area contributed by atoms with Gasteiger partial charge in [-0.15, -0.1) is 0 Å². The van der Waals surface area contributed by atoms with E-state index < -0.39 is 49.5 Å². The molecule has 0 spiro atoms. The molecule has 9 heteroatoms. The molecule has 0 bridgehead atoms. The van der Waals surface area contributed by atoms with Gasteiger partial charge in [0, 0.05) is 6.42 Å². The molecule has 1 aliphatic rings. The molecule has 1 aliphatic heterocycles. The van der Waals surface area contributed by atoms with Crippen LogP contribution in [0.4, 0.5) is 0 Å². The van der Waals surface area contributed by atoms with Crippen molar-refractivity contribution in [2.45, 2.75) is 192 Å². The van der Waals surface area contributed by atoms with Crippen LogP contribution in [0.5, 0.6) is 0 Å². The summed E-state index contributed by atoms with van der Waals surface area (Å²) in [4.78, 5) is 12.9. The van der Waals surface area contributed by atoms with Crippen molar-refractivity contribution in [2.24, 2.45) is 0 Å². The minimum absolute atomic E-state index is 0.109. The molecule has 0 radical (unpaired) electrons. The van der Waals surface area contributed by atoms with Crippen LogP contribution in [0.15, 0.2) is 122 Å². The quantitative estimate of drug-likeness (QED) is 0.0267. The Labute approximate surface area is 376 Å². The van der Waals surface area contributed by atoms with E-state index in [0.29, 0.717) is 6.42 Å². The SMILES string of the molecule is CC=CCC=CCC=CCC=CCC=CCC=CCC=CCC=CCC=CCC(=O)N[C@@H](CO[C@@H]1O[C@H](CO)[C@@H](O)C(O)C1O)[C@H](O)CC=CCCCCCCCCCCCC. The number of carbonyl (C=O) groups excluding carboxylic acids is 1. The van der Waals surface area contributed by atoms with E-state index in [4.69, 9.17) is 9.47 Å². The maximum absolute atomic E-state index is 12.9. The van der Waals surface area contributed by atoms with E-state index in [9.17, 15) is 30.3 Å². The van der Waals surface area contributed by atoms with E-state index >= 15 is 0 Å². The Morgan fingerprint density at radius 2 is 1.02 bits per heavy atom. The molecule has 1 saturated heterocycles. The Hall–Kier alpha value is -3.41. The Bertz CT molecular complexity index is 1370. The number of ether oxygens (including phenoxy) is 2. The molecule has 7 atom stereocenters. The van der Waals surface area contributed by atoms with Crippen LogP contribution in [-0.4, -0.2) is 87.5 Å². The molecule has 1 heterocycles. The van der Waals surface area contributed by atoms with Gasteiger partial charge in [0.15, 0.2) is 6.29 Å². The first kappa shape index (κ1) is 56.6. The second-order valence-corrected chi connectivity index (χ2v) is 15.9. The second-order valence-electron chi connectivity index (χ2n) is 15.9. The van der Waals surface area contributed by atoms with Crippen molar-refractivity contribution < 1.29 is 39.8 Å². The molecule has 2 unspecified atom stereocenters. The number of aliphatic hydroxyl groups excluding tert-OH is 5. The lowest BCUT2D eigenvalue weighted by Gasteiger charge is -2.40. The molecule has 9 nitrogen and oxygen atoms in total. The summed E-state index contributed by atoms with van der Waals surface area (Å²) in [6, 6.07) is -0.833. The van der Waals surface area contributed by atoms with Crippen LogP contribution >= 0.6 is 0 Å². The van der Waals surface area contributed by atoms with Gasteiger partial charge in [-0.1, -0.05) is 186 Å². The number of amides is 1. The van der Waals surface area contributed by atoms with E-state index in [2.05, 4.69) is 116 Å². The predicted octanol–water partition coefficient (Wildman–Crippen LogP) is 10.4. The van der Waals surface area contributed by atoms with Gasteiger partial charge < -0.3 is 40.3 Å². The lowest BCUT2D eigenvalue weighted by atomic mass is 9.99. The van der Waals surface area contributed by atoms with Gasteiger partial charge in [0.25, 0.3) is 0 Å². The van der Waals surface area contributed by atoms with Gasteiger partial charge in [-0.3, -0.25) is 4.79 Å². The largest absolute Gasteiger partial charge is 0.394 e. The van der Waals surface area contributed by atoms with Crippen LogP contribution in [-0.2, 0) is 14.3 Å². The third-order valence-corrected chi connectivity index (χ3v) is 10.4. The number of rotatable bonds is 37. The Morgan fingerprint density at radius 1 is 0.581 bits per heavy atom. The summed E-state index contributed by atoms with van der Waals surface area (Å²) in [6.45, 7) is 3.48. The number of aliphatic hydroxyl groups is 5. The maximum Gasteiger partial charge on any atom is 0.224 e. The number of nitrogens with one attached hydrogen (secondary N) is 1. The first-order valence-electron chi connectivity index (χ1n) is 23.7. The van der Waals surface area contributed by atoms with Gasteiger partial charge in [0.2, 0.25) is 5.91 Å². The smallest absolute Gasteiger partial charge is 0.224 e. The van der Waals surface area contributed by atoms with Crippen LogP contribution in [0.2, 0.25) is 0 Å². The van der Waals surface area contributed by atoms with Gasteiger partial charge in [0.1, 0.15) is 24.4 Å². The zero-order chi connectivity index (χ0) is 45.1. The minimum atomic E-state index is -1.59. The highest BCUT2D eigenvalue weighted by Gasteiger charge is 2.44. The molecular formula is C53H85NO8. The summed E-state index contributed by atoms with van der Waals surface area (Å²) < 4.78 is 11.2. The molecule has 0 saturated carbocycles. The number of unbranched alkanes of at least 4 members (excludes halogenated alkanes) is 10. The number of hydrogen-bond donors (Lipinski definition) is 6. The standard InChI is InChI=1S/C53H85NO8/c1-3-5-7-9-11-13-15-17-18-19-20-21-22-23-24-25-26-27-28-29-31-33-35-37-39-41-43-49(57)54-46(45-61-53-52(60)51(59)50(58)48(44-55)62-53)47(56)42-40-38-36-34-32-30-16-14-12-10-8-6-4-2/h3,5,9,11,15,17,19-20,22-23,25-26,28-29,33,35,38-41,46-48,50-53,55-56,58-60H,4,6-8,10,12-14,16,18,21,24,27,30-32,34,36-37,42-45H2,1-2H3,(H,54,57)/t46-,47+,48+,50+,51?,52?,53+/m0/s1. The molecule has 1 rings (SSSR count). The maximum atomic E-state index is 12.9. The van der Waals surface area contributed by atoms with Gasteiger partial charge >= 0.3 is 0 Å². The molecule has 0 aromatic heterocycles. The van der Waals surface area contributed by atoms with Crippen LogP contribution in [0.25, 0.3) is 0 Å². The minimum Gasteiger partial charge on any atom is -0.394 e. The molecule has 1 fully saturated rings. The highest BCUT2D eigenvalue weighted by molar-refractivity contribution is 5.77. The topological polar surface area (TPSA) is 149 Å². The van der Waals surface area contributed by atoms with Crippen molar-refractivity contribution in [3.05, 3.63) is 122 Å². The number of hydrogen-bond acceptors (Lipinski definition) is 8. The molecular weight excluding hydrogens is 779 g/mol. The van der Waals surface area contributed by atoms with Crippen molar-refractivity contribution in [3.8, 4) is 0 Å². The third-order valence-electron chi connectivity index (χ3n) is 10.4. The number of carbonyl (C=O) groups is 1. The van der Waals surface area contributed by atoms with Crippen molar-refractivity contribution >= 4 is 5.91 Å². The average Bonchev–Trinajstić information content (AvgIpc) is 3.27. The molecule has 350 valence electrons. The molecule has 1 amide bonds. The van der Waals surface area contributed by atoms with Crippen molar-refractivity contribution in [1.29, 1.82) is 0 Å². The second kappa shape index (κ2) is 41.6. The highest BCUT2D eigenvalue weighted by Crippen LogP contribution is 2.22. The van der Waals surface area contributed by atoms with Gasteiger partial charge in [0.05, 0.1) is 25.4 Å². The summed E-state index contributed by atoms with van der Waals surface area (Å²) in [5, 5.41) is 54.1. The summed E-state index contributed by atoms with van der Waals surface area (Å²) >= 11 is 0. The monoisotopic (exact) mass is 864 g/mol. The number of allylic oxidation sites excluding steroid dienone is 18. The summed E-state index contributed by atoms with van der Waals surface area (Å²) in [5.41, 5.74) is 0. The fourth-order valence-corrected chi connectivity index (χ4v) is 6.58. The molecule has 0 aliphatic carbocycles. The summed E-state index contributed by atoms with van der Waals surface area (Å²) in [6.07, 6.45) is 55.4. The lowest BCUT2D eigenvalue weighted by Crippen LogP contribution is -2.60. The Morgan fingerprint density at radius 3 is 1.47 bits per heavy atom. The van der Waals surface area contributed by atoms with Gasteiger partial charge in [-0.25, -0.2) is 0 Å². The van der Waals surface area contributed by atoms with E-state index in [1.807, 2.05) is 19.1 Å². The van der Waals surface area contributed by atoms with E-state index in [1.54, 1.807) is 6.08 Å². The fourth-order valence-electron chi connectivity index (χ4n) is 6.58. The first-order valence-corrected chi connectivity index (χ1v) is 23.7. The van der Waals surface area contributed by atoms with Gasteiger partial charge in [-0.05, 0) is 77.6 Å². The molecule has 62 heavy (non-hydrogen) atoms. The van der Waals surface area contributed by atoms with Crippen LogP contribution in [0.3, 0.4) is 0 Å². The zero-order valence-corrected chi connectivity index (χ0v) is 38.3. The van der Waals surface area contributed by atoms with E-state index in [-0.39, 0.29) is 25.4 Å². The molecule has 6 N–H and O–H groups in total.